The summed E-state index contributed by atoms with van der Waals surface area (Å²) < 4.78 is 0. The van der Waals surface area contributed by atoms with Crippen LogP contribution >= 0.6 is 0 Å². The first-order valence-electron chi connectivity index (χ1n) is 15.9. The van der Waals surface area contributed by atoms with Gasteiger partial charge in [0, 0.05) is 0 Å². The van der Waals surface area contributed by atoms with E-state index in [-0.39, 0.29) is 0 Å². The van der Waals surface area contributed by atoms with Crippen LogP contribution in [0.1, 0.15) is 16.7 Å². The van der Waals surface area contributed by atoms with Crippen molar-refractivity contribution in [2.75, 3.05) is 0 Å². The van der Waals surface area contributed by atoms with Gasteiger partial charge in [-0.15, -0.1) is 0 Å². The molecule has 47 heavy (non-hydrogen) atoms. The van der Waals surface area contributed by atoms with Gasteiger partial charge in [0.05, 0.1) is 23.3 Å². The highest BCUT2D eigenvalue weighted by Crippen LogP contribution is 2.54. The summed E-state index contributed by atoms with van der Waals surface area (Å²) in [6.45, 7) is 2.19. The fourth-order valence-electron chi connectivity index (χ4n) is 8.37. The van der Waals surface area contributed by atoms with Crippen molar-refractivity contribution in [3.05, 3.63) is 144 Å². The highest BCUT2D eigenvalue weighted by atomic mass is 14.3. The predicted molar refractivity (Wildman–Crippen MR) is 196 cm³/mol. The molecule has 0 spiro atoms. The van der Waals surface area contributed by atoms with Gasteiger partial charge in [-0.2, -0.15) is 10.5 Å². The van der Waals surface area contributed by atoms with E-state index in [0.29, 0.717) is 11.1 Å². The van der Waals surface area contributed by atoms with Gasteiger partial charge in [0.1, 0.15) is 0 Å². The zero-order valence-corrected chi connectivity index (χ0v) is 25.5. The van der Waals surface area contributed by atoms with Crippen LogP contribution in [0, 0.1) is 29.6 Å². The first-order valence-corrected chi connectivity index (χ1v) is 15.9. The number of benzene rings is 8. The normalized spacial score (nSPS) is 11.9. The SMILES string of the molecule is Cc1ccc2c3c(-c4ccc(C#N)cc4)c4cc5c6ccccc6c6cccc(c4c(-c4ccc(C#N)cc4)c3c3cccc1c23)c65. The van der Waals surface area contributed by atoms with Crippen LogP contribution in [0.5, 0.6) is 0 Å². The van der Waals surface area contributed by atoms with Gasteiger partial charge in [-0.25, -0.2) is 0 Å². The van der Waals surface area contributed by atoms with E-state index in [4.69, 9.17) is 0 Å². The monoisotopic (exact) mass is 592 g/mol. The van der Waals surface area contributed by atoms with Crippen LogP contribution in [-0.4, -0.2) is 0 Å². The van der Waals surface area contributed by atoms with Gasteiger partial charge in [0.15, 0.2) is 0 Å². The van der Waals surface area contributed by atoms with Crippen molar-refractivity contribution >= 4 is 75.4 Å². The minimum atomic E-state index is 0.646. The van der Waals surface area contributed by atoms with Gasteiger partial charge < -0.3 is 0 Å². The molecule has 10 aromatic carbocycles. The maximum Gasteiger partial charge on any atom is 0.0991 e. The first-order chi connectivity index (χ1) is 23.2. The molecule has 0 aliphatic heterocycles. The lowest BCUT2D eigenvalue weighted by atomic mass is 9.83. The zero-order valence-electron chi connectivity index (χ0n) is 25.5. The van der Waals surface area contributed by atoms with Crippen molar-refractivity contribution in [2.45, 2.75) is 6.92 Å². The summed E-state index contributed by atoms with van der Waals surface area (Å²) in [5.74, 6) is 0. The summed E-state index contributed by atoms with van der Waals surface area (Å²) in [5, 5.41) is 36.8. The number of aryl methyl sites for hydroxylation is 1. The van der Waals surface area contributed by atoms with E-state index in [9.17, 15) is 10.5 Å². The topological polar surface area (TPSA) is 47.6 Å². The molecule has 0 atom stereocenters. The van der Waals surface area contributed by atoms with E-state index in [2.05, 4.69) is 122 Å². The molecule has 10 rings (SSSR count). The maximum absolute atomic E-state index is 9.70. The van der Waals surface area contributed by atoms with Crippen LogP contribution in [0.4, 0.5) is 0 Å². The molecule has 0 N–H and O–H groups in total. The molecule has 0 bridgehead atoms. The molecule has 0 saturated carbocycles. The van der Waals surface area contributed by atoms with Crippen LogP contribution in [0.15, 0.2) is 127 Å². The van der Waals surface area contributed by atoms with Crippen LogP contribution < -0.4 is 0 Å². The fraction of sp³-hybridized carbons (Fsp3) is 0.0222. The second-order valence-electron chi connectivity index (χ2n) is 12.7. The Morgan fingerprint density at radius 2 is 0.851 bits per heavy atom. The van der Waals surface area contributed by atoms with Crippen LogP contribution in [-0.2, 0) is 0 Å². The van der Waals surface area contributed by atoms with E-state index in [0.717, 1.165) is 11.1 Å². The van der Waals surface area contributed by atoms with E-state index in [1.165, 1.54) is 92.1 Å². The van der Waals surface area contributed by atoms with E-state index in [1.54, 1.807) is 0 Å². The number of hydrogen-bond acceptors (Lipinski definition) is 2. The molecule has 0 saturated heterocycles. The van der Waals surface area contributed by atoms with Crippen molar-refractivity contribution in [1.29, 1.82) is 10.5 Å². The summed E-state index contributed by atoms with van der Waals surface area (Å²) in [4.78, 5) is 0. The van der Waals surface area contributed by atoms with Gasteiger partial charge in [0.2, 0.25) is 0 Å². The predicted octanol–water partition coefficient (Wildman–Crippen LogP) is 12.0. The Bertz CT molecular complexity index is 3010. The molecule has 2 heteroatoms. The molecular formula is C45H24N2. The molecule has 0 aliphatic rings. The average molecular weight is 593 g/mol. The Labute approximate surface area is 270 Å². The summed E-state index contributed by atoms with van der Waals surface area (Å²) in [6, 6.07) is 49.9. The second-order valence-corrected chi connectivity index (χ2v) is 12.7. The highest BCUT2D eigenvalue weighted by Gasteiger charge is 2.26. The molecule has 214 valence electrons. The van der Waals surface area contributed by atoms with Crippen molar-refractivity contribution in [1.82, 2.24) is 0 Å². The number of rotatable bonds is 2. The van der Waals surface area contributed by atoms with Crippen molar-refractivity contribution in [2.24, 2.45) is 0 Å². The summed E-state index contributed by atoms with van der Waals surface area (Å²) >= 11 is 0. The third kappa shape index (κ3) is 3.32. The standard InChI is InChI=1S/C45H24N2/c1-25-12-21-36-41-30(25)8-4-11-35(41)45-40(29-19-15-27(24-47)16-20-29)43-34-10-5-9-33-31-6-2-3-7-32(31)37(42(33)34)22-38(43)39(44(36)45)28-17-13-26(23-46)14-18-28/h2-22H,1H3. The van der Waals surface area contributed by atoms with E-state index in [1.807, 2.05) is 24.3 Å². The van der Waals surface area contributed by atoms with Crippen LogP contribution in [0.25, 0.3) is 97.7 Å². The maximum atomic E-state index is 9.70. The van der Waals surface area contributed by atoms with Crippen molar-refractivity contribution in [3.63, 3.8) is 0 Å². The minimum Gasteiger partial charge on any atom is -0.192 e. The van der Waals surface area contributed by atoms with E-state index < -0.39 is 0 Å². The molecule has 0 amide bonds. The lowest BCUT2D eigenvalue weighted by Gasteiger charge is -2.19. The quantitative estimate of drug-likeness (QED) is 0.187. The number of hydrogen-bond donors (Lipinski definition) is 0. The molecule has 10 aromatic rings. The second kappa shape index (κ2) is 9.27. The van der Waals surface area contributed by atoms with Gasteiger partial charge in [-0.05, 0) is 140 Å². The Hall–Kier alpha value is -6.48. The fourth-order valence-corrected chi connectivity index (χ4v) is 8.37. The molecule has 0 aliphatic carbocycles. The Morgan fingerprint density at radius 3 is 1.51 bits per heavy atom. The molecule has 0 radical (unpaired) electrons. The Balaban J connectivity index is 1.57. The summed E-state index contributed by atoms with van der Waals surface area (Å²) in [7, 11) is 0. The van der Waals surface area contributed by atoms with Gasteiger partial charge in [-0.3, -0.25) is 0 Å². The lowest BCUT2D eigenvalue weighted by molar-refractivity contribution is 1.48. The molecule has 0 unspecified atom stereocenters. The third-order valence-electron chi connectivity index (χ3n) is 10.3. The largest absolute Gasteiger partial charge is 0.192 e. The summed E-state index contributed by atoms with van der Waals surface area (Å²) in [6.07, 6.45) is 0. The van der Waals surface area contributed by atoms with Crippen LogP contribution in [0.2, 0.25) is 0 Å². The van der Waals surface area contributed by atoms with Gasteiger partial charge >= 0.3 is 0 Å². The molecule has 0 fully saturated rings. The molecular weight excluding hydrogens is 569 g/mol. The molecule has 0 heterocycles. The highest BCUT2D eigenvalue weighted by molar-refractivity contribution is 6.44. The van der Waals surface area contributed by atoms with E-state index >= 15 is 0 Å². The average Bonchev–Trinajstić information content (AvgIpc) is 3.63. The minimum absolute atomic E-state index is 0.646. The Morgan fingerprint density at radius 1 is 0.362 bits per heavy atom. The lowest BCUT2D eigenvalue weighted by Crippen LogP contribution is -1.91. The smallest absolute Gasteiger partial charge is 0.0991 e. The third-order valence-corrected chi connectivity index (χ3v) is 10.3. The number of nitrogens with zero attached hydrogens (tertiary/aromatic N) is 2. The Kier molecular flexibility index (Phi) is 5.09. The zero-order chi connectivity index (χ0) is 31.4. The van der Waals surface area contributed by atoms with Crippen molar-refractivity contribution in [3.8, 4) is 34.4 Å². The molecule has 0 aromatic heterocycles. The van der Waals surface area contributed by atoms with Crippen LogP contribution in [0.3, 0.4) is 0 Å². The summed E-state index contributed by atoms with van der Waals surface area (Å²) in [5.41, 5.74) is 7.11. The number of fused-ring (bicyclic) bond motifs is 8. The molecule has 2 nitrogen and oxygen atoms in total. The van der Waals surface area contributed by atoms with Crippen molar-refractivity contribution < 1.29 is 0 Å². The first kappa shape index (κ1) is 25.8. The van der Waals surface area contributed by atoms with Gasteiger partial charge in [0.25, 0.3) is 0 Å². The van der Waals surface area contributed by atoms with Gasteiger partial charge in [-0.1, -0.05) is 97.1 Å². The number of nitriles is 2.